The number of nitrogens with zero attached hydrogens (tertiary/aromatic N) is 2. The summed E-state index contributed by atoms with van der Waals surface area (Å²) in [6.45, 7) is 1.64. The summed E-state index contributed by atoms with van der Waals surface area (Å²) in [6.07, 6.45) is 0. The Labute approximate surface area is 131 Å². The Morgan fingerprint density at radius 2 is 2.10 bits per heavy atom. The van der Waals surface area contributed by atoms with Crippen molar-refractivity contribution in [3.63, 3.8) is 0 Å². The van der Waals surface area contributed by atoms with E-state index < -0.39 is 5.41 Å². The van der Waals surface area contributed by atoms with Crippen LogP contribution in [0.15, 0.2) is 22.9 Å². The van der Waals surface area contributed by atoms with Crippen molar-refractivity contribution < 1.29 is 15.0 Å². The van der Waals surface area contributed by atoms with Gasteiger partial charge in [-0.3, -0.25) is 4.79 Å². The molecule has 0 aliphatic heterocycles. The Morgan fingerprint density at radius 1 is 1.38 bits per heavy atom. The van der Waals surface area contributed by atoms with Crippen molar-refractivity contribution in [1.82, 2.24) is 9.88 Å². The van der Waals surface area contributed by atoms with E-state index in [9.17, 15) is 15.0 Å². The van der Waals surface area contributed by atoms with Crippen LogP contribution in [0.3, 0.4) is 0 Å². The number of thiophene rings is 1. The first-order chi connectivity index (χ1) is 9.99. The predicted octanol–water partition coefficient (Wildman–Crippen LogP) is 1.93. The number of carbonyl (C=O) groups excluding carboxylic acids is 1. The third-order valence-corrected chi connectivity index (χ3v) is 5.07. The quantitative estimate of drug-likeness (QED) is 0.851. The number of hydrogen-bond donors (Lipinski definition) is 2. The zero-order valence-electron chi connectivity index (χ0n) is 11.9. The molecular formula is C14H18N2O3S2. The summed E-state index contributed by atoms with van der Waals surface area (Å²) in [5.41, 5.74) is -0.319. The molecule has 0 bridgehead atoms. The van der Waals surface area contributed by atoms with Gasteiger partial charge in [0.1, 0.15) is 10.7 Å². The molecule has 0 aliphatic carbocycles. The lowest BCUT2D eigenvalue weighted by atomic mass is 9.92. The van der Waals surface area contributed by atoms with E-state index in [0.717, 1.165) is 9.88 Å². The molecule has 0 fully saturated rings. The lowest BCUT2D eigenvalue weighted by Crippen LogP contribution is -2.41. The third-order valence-electron chi connectivity index (χ3n) is 3.18. The zero-order valence-corrected chi connectivity index (χ0v) is 13.6. The maximum atomic E-state index is 12.3. The summed E-state index contributed by atoms with van der Waals surface area (Å²) in [5.74, 6) is -0.206. The van der Waals surface area contributed by atoms with Crippen LogP contribution in [-0.4, -0.2) is 52.8 Å². The summed E-state index contributed by atoms with van der Waals surface area (Å²) < 4.78 is 0. The number of rotatable bonds is 6. The summed E-state index contributed by atoms with van der Waals surface area (Å²) in [6, 6.07) is 3.92. The van der Waals surface area contributed by atoms with Crippen LogP contribution in [0.1, 0.15) is 17.4 Å². The number of carbonyl (C=O) groups is 1. The third kappa shape index (κ3) is 3.68. The molecule has 114 valence electrons. The van der Waals surface area contributed by atoms with E-state index in [-0.39, 0.29) is 25.7 Å². The summed E-state index contributed by atoms with van der Waals surface area (Å²) in [7, 11) is 1.65. The lowest BCUT2D eigenvalue weighted by molar-refractivity contribution is 0.0364. The molecule has 0 unspecified atom stereocenters. The molecule has 21 heavy (non-hydrogen) atoms. The number of amides is 1. The van der Waals surface area contributed by atoms with Crippen molar-refractivity contribution in [3.05, 3.63) is 28.6 Å². The van der Waals surface area contributed by atoms with Gasteiger partial charge >= 0.3 is 0 Å². The summed E-state index contributed by atoms with van der Waals surface area (Å²) in [4.78, 5) is 19.2. The maximum absolute atomic E-state index is 12.3. The number of thiazole rings is 1. The largest absolute Gasteiger partial charge is 0.396 e. The van der Waals surface area contributed by atoms with Crippen molar-refractivity contribution >= 4 is 28.6 Å². The average Bonchev–Trinajstić information content (AvgIpc) is 3.16. The molecule has 2 aromatic rings. The second-order valence-corrected chi connectivity index (χ2v) is 7.11. The number of aliphatic hydroxyl groups is 2. The van der Waals surface area contributed by atoms with Gasteiger partial charge in [0.25, 0.3) is 5.91 Å². The van der Waals surface area contributed by atoms with Gasteiger partial charge in [0, 0.05) is 24.4 Å². The van der Waals surface area contributed by atoms with Crippen LogP contribution in [0.2, 0.25) is 0 Å². The molecule has 2 aromatic heterocycles. The van der Waals surface area contributed by atoms with Crippen LogP contribution in [0, 0.1) is 5.41 Å². The van der Waals surface area contributed by atoms with Crippen LogP contribution in [0.5, 0.6) is 0 Å². The van der Waals surface area contributed by atoms with Gasteiger partial charge in [-0.1, -0.05) is 13.0 Å². The van der Waals surface area contributed by atoms with E-state index in [0.29, 0.717) is 5.69 Å². The molecule has 0 atom stereocenters. The number of hydrogen-bond acceptors (Lipinski definition) is 6. The van der Waals surface area contributed by atoms with E-state index >= 15 is 0 Å². The van der Waals surface area contributed by atoms with Crippen LogP contribution < -0.4 is 0 Å². The Bertz CT molecular complexity index is 591. The van der Waals surface area contributed by atoms with Crippen molar-refractivity contribution in [2.24, 2.45) is 5.41 Å². The van der Waals surface area contributed by atoms with E-state index in [1.807, 2.05) is 17.5 Å². The fraction of sp³-hybridized carbons (Fsp3) is 0.429. The molecule has 0 radical (unpaired) electrons. The van der Waals surface area contributed by atoms with Gasteiger partial charge in [0.15, 0.2) is 0 Å². The molecule has 2 N–H and O–H groups in total. The minimum Gasteiger partial charge on any atom is -0.396 e. The van der Waals surface area contributed by atoms with Gasteiger partial charge in [-0.05, 0) is 11.4 Å². The number of aliphatic hydroxyl groups excluding tert-OH is 2. The molecule has 0 saturated heterocycles. The Kier molecular flexibility index (Phi) is 5.10. The standard InChI is InChI=1S/C14H18N2O3S2/c1-14(8-17,9-18)7-16(2)13(19)10-6-21-12(15-10)11-4-3-5-20-11/h3-6,17-18H,7-9H2,1-2H3. The molecule has 0 saturated carbocycles. The molecule has 0 aromatic carbocycles. The molecule has 2 heterocycles. The maximum Gasteiger partial charge on any atom is 0.273 e. The number of aromatic nitrogens is 1. The van der Waals surface area contributed by atoms with E-state index in [4.69, 9.17) is 0 Å². The van der Waals surface area contributed by atoms with Crippen LogP contribution in [0.25, 0.3) is 9.88 Å². The lowest BCUT2D eigenvalue weighted by Gasteiger charge is -2.29. The van der Waals surface area contributed by atoms with Gasteiger partial charge in [-0.25, -0.2) is 4.98 Å². The molecule has 2 rings (SSSR count). The fourth-order valence-corrected chi connectivity index (χ4v) is 3.48. The smallest absolute Gasteiger partial charge is 0.273 e. The highest BCUT2D eigenvalue weighted by molar-refractivity contribution is 7.20. The average molecular weight is 326 g/mol. The summed E-state index contributed by atoms with van der Waals surface area (Å²) in [5, 5.41) is 23.1. The van der Waals surface area contributed by atoms with Gasteiger partial charge in [-0.15, -0.1) is 22.7 Å². The van der Waals surface area contributed by atoms with Crippen molar-refractivity contribution in [2.75, 3.05) is 26.8 Å². The van der Waals surface area contributed by atoms with Crippen molar-refractivity contribution in [1.29, 1.82) is 0 Å². The van der Waals surface area contributed by atoms with Gasteiger partial charge in [0.2, 0.25) is 0 Å². The second kappa shape index (κ2) is 6.65. The van der Waals surface area contributed by atoms with Crippen LogP contribution in [-0.2, 0) is 0 Å². The minimum absolute atomic E-state index is 0.182. The topological polar surface area (TPSA) is 73.7 Å². The Hall–Kier alpha value is -1.28. The Morgan fingerprint density at radius 3 is 2.67 bits per heavy atom. The molecule has 1 amide bonds. The minimum atomic E-state index is -0.711. The van der Waals surface area contributed by atoms with Crippen LogP contribution in [0.4, 0.5) is 0 Å². The SMILES string of the molecule is CN(CC(C)(CO)CO)C(=O)c1csc(-c2cccs2)n1. The first-order valence-electron chi connectivity index (χ1n) is 6.46. The normalized spacial score (nSPS) is 11.6. The molecule has 0 aliphatic rings. The highest BCUT2D eigenvalue weighted by Crippen LogP contribution is 2.28. The summed E-state index contributed by atoms with van der Waals surface area (Å²) >= 11 is 3.02. The highest BCUT2D eigenvalue weighted by Gasteiger charge is 2.27. The van der Waals surface area contributed by atoms with Crippen LogP contribution >= 0.6 is 22.7 Å². The van der Waals surface area contributed by atoms with Gasteiger partial charge in [0.05, 0.1) is 18.1 Å². The van der Waals surface area contributed by atoms with Gasteiger partial charge in [-0.2, -0.15) is 0 Å². The van der Waals surface area contributed by atoms with E-state index in [2.05, 4.69) is 4.98 Å². The first kappa shape index (κ1) is 16.1. The first-order valence-corrected chi connectivity index (χ1v) is 8.21. The fourth-order valence-electron chi connectivity index (χ4n) is 1.88. The highest BCUT2D eigenvalue weighted by atomic mass is 32.1. The molecule has 7 heteroatoms. The second-order valence-electron chi connectivity index (χ2n) is 5.30. The van der Waals surface area contributed by atoms with Crippen molar-refractivity contribution in [2.45, 2.75) is 6.92 Å². The van der Waals surface area contributed by atoms with Gasteiger partial charge < -0.3 is 15.1 Å². The van der Waals surface area contributed by atoms with Crippen molar-refractivity contribution in [3.8, 4) is 9.88 Å². The van der Waals surface area contributed by atoms with E-state index in [1.165, 1.54) is 16.2 Å². The van der Waals surface area contributed by atoms with E-state index in [1.54, 1.807) is 30.7 Å². The molecule has 0 spiro atoms. The molecular weight excluding hydrogens is 308 g/mol. The predicted molar refractivity (Wildman–Crippen MR) is 84.7 cm³/mol. The monoisotopic (exact) mass is 326 g/mol. The zero-order chi connectivity index (χ0) is 15.5. The Balaban J connectivity index is 2.10. The molecule has 5 nitrogen and oxygen atoms in total.